The Morgan fingerprint density at radius 2 is 1.62 bits per heavy atom. The first-order valence-electron chi connectivity index (χ1n) is 7.69. The average Bonchev–Trinajstić information content (AvgIpc) is 3.02. The lowest BCUT2D eigenvalue weighted by Gasteiger charge is -2.33. The molecule has 0 spiro atoms. The number of sulfonamides is 1. The predicted molar refractivity (Wildman–Crippen MR) is 89.5 cm³/mol. The van der Waals surface area contributed by atoms with Gasteiger partial charge in [-0.1, -0.05) is 6.07 Å². The third-order valence-corrected chi connectivity index (χ3v) is 5.13. The standard InChI is InChI=1S/C13H18N2O4S.C2H2O4/c1-20(16,17)15-6-4-14(5-7-15)9-11-2-3-12-13(8-11)19-10-18-12;3-1(4)2(5)6/h2-3,8H,4-7,9-10H2,1H3;(H,3,4)(H,5,6). The maximum atomic E-state index is 11.5. The normalized spacial score (nSPS) is 17.3. The summed E-state index contributed by atoms with van der Waals surface area (Å²) in [6.45, 7) is 3.70. The molecule has 0 aliphatic carbocycles. The van der Waals surface area contributed by atoms with Gasteiger partial charge in [0.15, 0.2) is 11.5 Å². The van der Waals surface area contributed by atoms with E-state index in [4.69, 9.17) is 29.3 Å². The van der Waals surface area contributed by atoms with Crippen molar-refractivity contribution in [2.75, 3.05) is 39.2 Å². The molecule has 0 aromatic heterocycles. The Kier molecular flexibility index (Phi) is 6.40. The van der Waals surface area contributed by atoms with Gasteiger partial charge < -0.3 is 19.7 Å². The lowest BCUT2D eigenvalue weighted by Crippen LogP contribution is -2.47. The van der Waals surface area contributed by atoms with Gasteiger partial charge >= 0.3 is 11.9 Å². The molecule has 2 aliphatic rings. The average molecular weight is 388 g/mol. The van der Waals surface area contributed by atoms with Crippen molar-refractivity contribution in [2.45, 2.75) is 6.54 Å². The molecule has 0 amide bonds. The number of piperazine rings is 1. The minimum Gasteiger partial charge on any atom is -0.473 e. The van der Waals surface area contributed by atoms with E-state index in [-0.39, 0.29) is 6.79 Å². The third kappa shape index (κ3) is 5.58. The number of benzene rings is 1. The van der Waals surface area contributed by atoms with Crippen molar-refractivity contribution in [1.82, 2.24) is 9.21 Å². The van der Waals surface area contributed by atoms with E-state index in [1.165, 1.54) is 10.6 Å². The van der Waals surface area contributed by atoms with Crippen molar-refractivity contribution < 1.29 is 37.7 Å². The van der Waals surface area contributed by atoms with Crippen LogP contribution in [0.5, 0.6) is 11.5 Å². The van der Waals surface area contributed by atoms with Crippen LogP contribution in [-0.4, -0.2) is 79.0 Å². The maximum Gasteiger partial charge on any atom is 0.414 e. The Balaban J connectivity index is 0.000000352. The lowest BCUT2D eigenvalue weighted by atomic mass is 10.2. The van der Waals surface area contributed by atoms with E-state index in [1.807, 2.05) is 18.2 Å². The molecule has 0 bridgehead atoms. The molecule has 26 heavy (non-hydrogen) atoms. The number of hydrogen-bond acceptors (Lipinski definition) is 7. The quantitative estimate of drug-likeness (QED) is 0.666. The monoisotopic (exact) mass is 388 g/mol. The van der Waals surface area contributed by atoms with Crippen LogP contribution in [0.3, 0.4) is 0 Å². The fraction of sp³-hybridized carbons (Fsp3) is 0.467. The largest absolute Gasteiger partial charge is 0.473 e. The van der Waals surface area contributed by atoms with Crippen molar-refractivity contribution in [3.63, 3.8) is 0 Å². The number of rotatable bonds is 3. The molecule has 0 saturated carbocycles. The van der Waals surface area contributed by atoms with Crippen molar-refractivity contribution in [2.24, 2.45) is 0 Å². The topological polar surface area (TPSA) is 134 Å². The third-order valence-electron chi connectivity index (χ3n) is 3.83. The fourth-order valence-corrected chi connectivity index (χ4v) is 3.34. The van der Waals surface area contributed by atoms with E-state index in [1.54, 1.807) is 0 Å². The second-order valence-corrected chi connectivity index (χ2v) is 7.72. The number of carboxylic acids is 2. The van der Waals surface area contributed by atoms with Gasteiger partial charge in [-0.3, -0.25) is 4.90 Å². The van der Waals surface area contributed by atoms with Gasteiger partial charge in [0.2, 0.25) is 16.8 Å². The molecule has 2 aliphatic heterocycles. The molecular formula is C15H20N2O8S. The van der Waals surface area contributed by atoms with Crippen LogP contribution >= 0.6 is 0 Å². The molecule has 1 saturated heterocycles. The molecule has 1 aromatic carbocycles. The number of aliphatic carboxylic acids is 2. The van der Waals surface area contributed by atoms with Crippen LogP contribution in [-0.2, 0) is 26.2 Å². The smallest absolute Gasteiger partial charge is 0.414 e. The highest BCUT2D eigenvalue weighted by molar-refractivity contribution is 7.88. The van der Waals surface area contributed by atoms with Crippen molar-refractivity contribution in [3.05, 3.63) is 23.8 Å². The zero-order valence-corrected chi connectivity index (χ0v) is 14.9. The summed E-state index contributed by atoms with van der Waals surface area (Å²) in [4.78, 5) is 20.4. The first kappa shape index (κ1) is 19.9. The van der Waals surface area contributed by atoms with Gasteiger partial charge in [0.1, 0.15) is 0 Å². The minimum atomic E-state index is -3.06. The van der Waals surface area contributed by atoms with Gasteiger partial charge in [-0.05, 0) is 17.7 Å². The molecule has 0 atom stereocenters. The molecule has 3 rings (SSSR count). The number of nitrogens with zero attached hydrogens (tertiary/aromatic N) is 2. The van der Waals surface area contributed by atoms with Crippen molar-refractivity contribution in [1.29, 1.82) is 0 Å². The van der Waals surface area contributed by atoms with Crippen LogP contribution in [0.2, 0.25) is 0 Å². The summed E-state index contributed by atoms with van der Waals surface area (Å²) in [5.74, 6) is -2.07. The molecule has 10 nitrogen and oxygen atoms in total. The van der Waals surface area contributed by atoms with E-state index >= 15 is 0 Å². The van der Waals surface area contributed by atoms with Crippen LogP contribution in [0.15, 0.2) is 18.2 Å². The van der Waals surface area contributed by atoms with Crippen LogP contribution in [0, 0.1) is 0 Å². The number of carbonyl (C=O) groups is 2. The van der Waals surface area contributed by atoms with Crippen LogP contribution in [0.25, 0.3) is 0 Å². The zero-order valence-electron chi connectivity index (χ0n) is 14.1. The number of fused-ring (bicyclic) bond motifs is 1. The van der Waals surface area contributed by atoms with E-state index < -0.39 is 22.0 Å². The molecule has 0 radical (unpaired) electrons. The van der Waals surface area contributed by atoms with E-state index in [0.29, 0.717) is 13.1 Å². The van der Waals surface area contributed by atoms with Gasteiger partial charge in [0.25, 0.3) is 0 Å². The Bertz CT molecular complexity index is 760. The van der Waals surface area contributed by atoms with E-state index in [2.05, 4.69) is 4.90 Å². The predicted octanol–water partition coefficient (Wildman–Crippen LogP) is -0.352. The molecule has 0 unspecified atom stereocenters. The molecule has 11 heteroatoms. The van der Waals surface area contributed by atoms with Crippen molar-refractivity contribution >= 4 is 22.0 Å². The van der Waals surface area contributed by atoms with Gasteiger partial charge in [-0.2, -0.15) is 4.31 Å². The van der Waals surface area contributed by atoms with Crippen LogP contribution < -0.4 is 9.47 Å². The van der Waals surface area contributed by atoms with E-state index in [0.717, 1.165) is 36.7 Å². The number of ether oxygens (including phenoxy) is 2. The Morgan fingerprint density at radius 1 is 1.04 bits per heavy atom. The lowest BCUT2D eigenvalue weighted by molar-refractivity contribution is -0.159. The van der Waals surface area contributed by atoms with Crippen molar-refractivity contribution in [3.8, 4) is 11.5 Å². The summed E-state index contributed by atoms with van der Waals surface area (Å²) in [6, 6.07) is 5.94. The number of carboxylic acid groups (broad SMARTS) is 2. The van der Waals surface area contributed by atoms with Gasteiger partial charge in [0.05, 0.1) is 6.26 Å². The summed E-state index contributed by atoms with van der Waals surface area (Å²) >= 11 is 0. The number of hydrogen-bond donors (Lipinski definition) is 2. The highest BCUT2D eigenvalue weighted by Crippen LogP contribution is 2.32. The SMILES string of the molecule is CS(=O)(=O)N1CCN(Cc2ccc3c(c2)OCO3)CC1.O=C(O)C(=O)O. The summed E-state index contributed by atoms with van der Waals surface area (Å²) in [5.41, 5.74) is 1.15. The Morgan fingerprint density at radius 3 is 2.15 bits per heavy atom. The molecule has 2 N–H and O–H groups in total. The first-order valence-corrected chi connectivity index (χ1v) is 9.54. The summed E-state index contributed by atoms with van der Waals surface area (Å²) in [5, 5.41) is 14.8. The van der Waals surface area contributed by atoms with Crippen LogP contribution in [0.1, 0.15) is 5.56 Å². The molecular weight excluding hydrogens is 368 g/mol. The molecule has 1 aromatic rings. The van der Waals surface area contributed by atoms with Gasteiger partial charge in [0, 0.05) is 32.7 Å². The first-order chi connectivity index (χ1) is 12.2. The second kappa shape index (κ2) is 8.34. The molecule has 1 fully saturated rings. The zero-order chi connectivity index (χ0) is 19.3. The van der Waals surface area contributed by atoms with E-state index in [9.17, 15) is 8.42 Å². The molecule has 2 heterocycles. The van der Waals surface area contributed by atoms with Gasteiger partial charge in [-0.25, -0.2) is 18.0 Å². The fourth-order valence-electron chi connectivity index (χ4n) is 2.52. The molecule has 144 valence electrons. The Hall–Kier alpha value is -2.37. The minimum absolute atomic E-state index is 0.284. The highest BCUT2D eigenvalue weighted by atomic mass is 32.2. The maximum absolute atomic E-state index is 11.5. The van der Waals surface area contributed by atoms with Gasteiger partial charge in [-0.15, -0.1) is 0 Å². The Labute approximate surface area is 150 Å². The summed E-state index contributed by atoms with van der Waals surface area (Å²) < 4.78 is 35.1. The summed E-state index contributed by atoms with van der Waals surface area (Å²) in [6.07, 6.45) is 1.26. The highest BCUT2D eigenvalue weighted by Gasteiger charge is 2.23. The summed E-state index contributed by atoms with van der Waals surface area (Å²) in [7, 11) is -3.06. The van der Waals surface area contributed by atoms with Crippen LogP contribution in [0.4, 0.5) is 0 Å². The second-order valence-electron chi connectivity index (χ2n) is 5.74.